The number of hydrogen-bond acceptors (Lipinski definition) is 3. The van der Waals surface area contributed by atoms with Gasteiger partial charge < -0.3 is 14.6 Å². The van der Waals surface area contributed by atoms with Crippen LogP contribution in [0, 0.1) is 0 Å². The second-order valence-corrected chi connectivity index (χ2v) is 4.61. The summed E-state index contributed by atoms with van der Waals surface area (Å²) in [6.07, 6.45) is 1.14. The highest BCUT2D eigenvalue weighted by Crippen LogP contribution is 2.33. The number of nitrogens with one attached hydrogen (secondary N) is 1. The van der Waals surface area contributed by atoms with Crippen molar-refractivity contribution < 1.29 is 4.42 Å². The van der Waals surface area contributed by atoms with Gasteiger partial charge in [-0.05, 0) is 33.1 Å². The SMILES string of the molecule is CNCc1cc(Cl)c(C2CCN(C)C2)o1. The number of hydrogen-bond donors (Lipinski definition) is 1. The van der Waals surface area contributed by atoms with Crippen LogP contribution >= 0.6 is 11.6 Å². The first kappa shape index (κ1) is 11.0. The van der Waals surface area contributed by atoms with Crippen LogP contribution in [0.5, 0.6) is 0 Å². The van der Waals surface area contributed by atoms with E-state index in [-0.39, 0.29) is 0 Å². The molecule has 15 heavy (non-hydrogen) atoms. The van der Waals surface area contributed by atoms with E-state index in [9.17, 15) is 0 Å². The second-order valence-electron chi connectivity index (χ2n) is 4.20. The lowest BCUT2D eigenvalue weighted by atomic mass is 10.1. The van der Waals surface area contributed by atoms with Gasteiger partial charge in [0.25, 0.3) is 0 Å². The Balaban J connectivity index is 2.13. The van der Waals surface area contributed by atoms with E-state index in [1.54, 1.807) is 0 Å². The number of rotatable bonds is 3. The molecule has 1 unspecified atom stereocenters. The van der Waals surface area contributed by atoms with Crippen LogP contribution in [0.2, 0.25) is 5.02 Å². The third-order valence-corrected chi connectivity index (χ3v) is 3.17. The van der Waals surface area contributed by atoms with Crippen LogP contribution in [0.25, 0.3) is 0 Å². The maximum absolute atomic E-state index is 6.17. The van der Waals surface area contributed by atoms with Crippen LogP contribution in [-0.2, 0) is 6.54 Å². The number of furan rings is 1. The van der Waals surface area contributed by atoms with E-state index in [0.717, 1.165) is 42.6 Å². The second kappa shape index (κ2) is 4.56. The third kappa shape index (κ3) is 2.36. The van der Waals surface area contributed by atoms with Crippen molar-refractivity contribution in [3.63, 3.8) is 0 Å². The first-order valence-corrected chi connectivity index (χ1v) is 5.69. The molecule has 1 fully saturated rings. The molecule has 0 saturated carbocycles. The Morgan fingerprint density at radius 1 is 1.67 bits per heavy atom. The predicted octanol–water partition coefficient (Wildman–Crippen LogP) is 2.07. The highest BCUT2D eigenvalue weighted by molar-refractivity contribution is 6.31. The highest BCUT2D eigenvalue weighted by atomic mass is 35.5. The maximum atomic E-state index is 6.17. The summed E-state index contributed by atoms with van der Waals surface area (Å²) in [5.74, 6) is 2.35. The van der Waals surface area contributed by atoms with Crippen molar-refractivity contribution in [3.05, 3.63) is 22.6 Å². The van der Waals surface area contributed by atoms with Crippen LogP contribution in [0.4, 0.5) is 0 Å². The van der Waals surface area contributed by atoms with E-state index in [0.29, 0.717) is 5.92 Å². The molecule has 4 heteroatoms. The lowest BCUT2D eigenvalue weighted by molar-refractivity contribution is 0.388. The van der Waals surface area contributed by atoms with E-state index in [1.807, 2.05) is 13.1 Å². The smallest absolute Gasteiger partial charge is 0.127 e. The van der Waals surface area contributed by atoms with Gasteiger partial charge in [-0.2, -0.15) is 0 Å². The molecule has 0 aromatic carbocycles. The van der Waals surface area contributed by atoms with E-state index >= 15 is 0 Å². The van der Waals surface area contributed by atoms with Gasteiger partial charge in [0.05, 0.1) is 11.6 Å². The monoisotopic (exact) mass is 228 g/mol. The minimum absolute atomic E-state index is 0.466. The van der Waals surface area contributed by atoms with Crippen molar-refractivity contribution in [2.24, 2.45) is 0 Å². The minimum atomic E-state index is 0.466. The molecule has 1 aromatic heterocycles. The Kier molecular flexibility index (Phi) is 3.34. The Morgan fingerprint density at radius 3 is 3.07 bits per heavy atom. The average molecular weight is 229 g/mol. The molecule has 3 nitrogen and oxygen atoms in total. The van der Waals surface area contributed by atoms with Crippen molar-refractivity contribution in [2.75, 3.05) is 27.2 Å². The number of likely N-dealkylation sites (N-methyl/N-ethyl adjacent to an activating group) is 1. The number of halogens is 1. The molecule has 2 rings (SSSR count). The molecule has 1 N–H and O–H groups in total. The summed E-state index contributed by atoms with van der Waals surface area (Å²) in [6, 6.07) is 1.92. The molecule has 2 heterocycles. The lowest BCUT2D eigenvalue weighted by Crippen LogP contribution is -2.13. The molecular formula is C11H17ClN2O. The summed E-state index contributed by atoms with van der Waals surface area (Å²) >= 11 is 6.17. The molecule has 0 spiro atoms. The number of nitrogens with zero attached hydrogens (tertiary/aromatic N) is 1. The molecule has 84 valence electrons. The van der Waals surface area contributed by atoms with Crippen LogP contribution in [0.3, 0.4) is 0 Å². The van der Waals surface area contributed by atoms with E-state index in [4.69, 9.17) is 16.0 Å². The third-order valence-electron chi connectivity index (χ3n) is 2.88. The van der Waals surface area contributed by atoms with Gasteiger partial charge in [0.1, 0.15) is 11.5 Å². The standard InChI is InChI=1S/C11H17ClN2O/c1-13-6-9-5-10(12)11(15-9)8-3-4-14(2)7-8/h5,8,13H,3-4,6-7H2,1-2H3. The van der Waals surface area contributed by atoms with Crippen LogP contribution in [-0.4, -0.2) is 32.1 Å². The molecule has 1 saturated heterocycles. The van der Waals surface area contributed by atoms with Crippen molar-refractivity contribution in [1.29, 1.82) is 0 Å². The van der Waals surface area contributed by atoms with Crippen molar-refractivity contribution >= 4 is 11.6 Å². The molecule has 1 atom stereocenters. The van der Waals surface area contributed by atoms with Gasteiger partial charge in [0.2, 0.25) is 0 Å². The summed E-state index contributed by atoms with van der Waals surface area (Å²) in [4.78, 5) is 2.31. The fourth-order valence-electron chi connectivity index (χ4n) is 2.12. The van der Waals surface area contributed by atoms with E-state index in [2.05, 4.69) is 17.3 Å². The Morgan fingerprint density at radius 2 is 2.47 bits per heavy atom. The highest BCUT2D eigenvalue weighted by Gasteiger charge is 2.26. The van der Waals surface area contributed by atoms with Crippen molar-refractivity contribution in [3.8, 4) is 0 Å². The lowest BCUT2D eigenvalue weighted by Gasteiger charge is -2.07. The fraction of sp³-hybridized carbons (Fsp3) is 0.636. The van der Waals surface area contributed by atoms with Crippen LogP contribution < -0.4 is 5.32 Å². The molecule has 0 radical (unpaired) electrons. The molecule has 0 amide bonds. The largest absolute Gasteiger partial charge is 0.463 e. The maximum Gasteiger partial charge on any atom is 0.127 e. The Bertz CT molecular complexity index is 337. The van der Waals surface area contributed by atoms with Gasteiger partial charge >= 0.3 is 0 Å². The zero-order valence-electron chi connectivity index (χ0n) is 9.22. The van der Waals surface area contributed by atoms with E-state index < -0.39 is 0 Å². The predicted molar refractivity (Wildman–Crippen MR) is 61.3 cm³/mol. The normalized spacial score (nSPS) is 22.5. The van der Waals surface area contributed by atoms with Crippen molar-refractivity contribution in [2.45, 2.75) is 18.9 Å². The summed E-state index contributed by atoms with van der Waals surface area (Å²) in [7, 11) is 4.03. The zero-order valence-corrected chi connectivity index (χ0v) is 9.97. The van der Waals surface area contributed by atoms with Crippen LogP contribution in [0.15, 0.2) is 10.5 Å². The van der Waals surface area contributed by atoms with Gasteiger partial charge in [-0.1, -0.05) is 11.6 Å². The van der Waals surface area contributed by atoms with Gasteiger partial charge in [-0.3, -0.25) is 0 Å². The summed E-state index contributed by atoms with van der Waals surface area (Å²) < 4.78 is 5.77. The quantitative estimate of drug-likeness (QED) is 0.859. The topological polar surface area (TPSA) is 28.4 Å². The Hall–Kier alpha value is -0.510. The zero-order chi connectivity index (χ0) is 10.8. The summed E-state index contributed by atoms with van der Waals surface area (Å²) in [6.45, 7) is 2.91. The summed E-state index contributed by atoms with van der Waals surface area (Å²) in [5.41, 5.74) is 0. The van der Waals surface area contributed by atoms with Crippen LogP contribution in [0.1, 0.15) is 23.9 Å². The first-order valence-electron chi connectivity index (χ1n) is 5.32. The van der Waals surface area contributed by atoms with Gasteiger partial charge in [-0.15, -0.1) is 0 Å². The first-order chi connectivity index (χ1) is 7.20. The molecule has 1 aliphatic rings. The Labute approximate surface area is 95.4 Å². The fourth-order valence-corrected chi connectivity index (χ4v) is 2.44. The van der Waals surface area contributed by atoms with Gasteiger partial charge in [-0.25, -0.2) is 0 Å². The number of likely N-dealkylation sites (tertiary alicyclic amines) is 1. The molecule has 0 bridgehead atoms. The van der Waals surface area contributed by atoms with E-state index in [1.165, 1.54) is 0 Å². The summed E-state index contributed by atoms with van der Waals surface area (Å²) in [5, 5.41) is 3.84. The molecule has 0 aliphatic carbocycles. The van der Waals surface area contributed by atoms with Gasteiger partial charge in [0.15, 0.2) is 0 Å². The van der Waals surface area contributed by atoms with Crippen molar-refractivity contribution in [1.82, 2.24) is 10.2 Å². The average Bonchev–Trinajstić information content (AvgIpc) is 2.73. The molecule has 1 aromatic rings. The van der Waals surface area contributed by atoms with Gasteiger partial charge in [0, 0.05) is 12.5 Å². The minimum Gasteiger partial charge on any atom is -0.463 e. The molecular weight excluding hydrogens is 212 g/mol. The molecule has 1 aliphatic heterocycles.